The molecule has 0 radical (unpaired) electrons. The molecule has 8 heteroatoms. The van der Waals surface area contributed by atoms with E-state index >= 15 is 0 Å². The Hall–Kier alpha value is -2.80. The molecule has 1 saturated carbocycles. The van der Waals surface area contributed by atoms with E-state index in [0.29, 0.717) is 22.0 Å². The molecule has 7 nitrogen and oxygen atoms in total. The quantitative estimate of drug-likeness (QED) is 0.696. The third kappa shape index (κ3) is 5.60. The normalized spacial score (nSPS) is 14.4. The molecule has 2 N–H and O–H groups in total. The summed E-state index contributed by atoms with van der Waals surface area (Å²) >= 11 is 5.98. The minimum Gasteiger partial charge on any atom is -0.496 e. The lowest BCUT2D eigenvalue weighted by Gasteiger charge is -2.11. The molecule has 28 heavy (non-hydrogen) atoms. The lowest BCUT2D eigenvalue weighted by Crippen LogP contribution is -2.35. The van der Waals surface area contributed by atoms with Gasteiger partial charge in [0, 0.05) is 28.9 Å². The average molecular weight is 403 g/mol. The molecule has 0 atom stereocenters. The van der Waals surface area contributed by atoms with E-state index in [1.807, 2.05) is 0 Å². The Morgan fingerprint density at radius 2 is 2.14 bits per heavy atom. The van der Waals surface area contributed by atoms with Gasteiger partial charge in [0.2, 0.25) is 11.8 Å². The number of benzene rings is 1. The highest BCUT2D eigenvalue weighted by Crippen LogP contribution is 2.23. The van der Waals surface area contributed by atoms with Crippen LogP contribution in [0.3, 0.4) is 0 Å². The summed E-state index contributed by atoms with van der Waals surface area (Å²) in [5.74, 6) is 0.229. The highest BCUT2D eigenvalue weighted by Gasteiger charge is 2.17. The Labute approximate surface area is 168 Å². The molecule has 1 aromatic heterocycles. The highest BCUT2D eigenvalue weighted by molar-refractivity contribution is 6.30. The maximum atomic E-state index is 12.1. The van der Waals surface area contributed by atoms with Crippen molar-refractivity contribution in [1.29, 1.82) is 0 Å². The van der Waals surface area contributed by atoms with E-state index in [1.165, 1.54) is 17.0 Å². The number of halogens is 1. The van der Waals surface area contributed by atoms with E-state index in [1.54, 1.807) is 37.6 Å². The smallest absolute Gasteiger partial charge is 0.248 e. The molecule has 1 heterocycles. The second-order valence-corrected chi connectivity index (χ2v) is 7.12. The number of carbonyl (C=O) groups excluding carboxylic acids is 2. The summed E-state index contributed by atoms with van der Waals surface area (Å²) in [4.78, 5) is 24.2. The number of rotatable bonds is 7. The van der Waals surface area contributed by atoms with Gasteiger partial charge in [-0.15, -0.1) is 0 Å². The van der Waals surface area contributed by atoms with E-state index in [-0.39, 0.29) is 24.4 Å². The summed E-state index contributed by atoms with van der Waals surface area (Å²) in [5, 5.41) is 10.4. The number of nitrogens with one attached hydrogen (secondary N) is 2. The fourth-order valence-corrected chi connectivity index (χ4v) is 3.37. The van der Waals surface area contributed by atoms with E-state index in [0.717, 1.165) is 25.7 Å². The van der Waals surface area contributed by atoms with Gasteiger partial charge in [0.1, 0.15) is 12.3 Å². The summed E-state index contributed by atoms with van der Waals surface area (Å²) in [5.41, 5.74) is 1.21. The standard InChI is InChI=1S/C20H23ClN4O3/c1-28-18-8-7-15(21)10-14(18)6-9-19(26)24-17-11-22-25(12-17)13-20(27)23-16-4-2-3-5-16/h6-12,16H,2-5,13H2,1H3,(H,23,27)(H,24,26)/b9-6+. The molecule has 1 aliphatic rings. The molecular weight excluding hydrogens is 380 g/mol. The van der Waals surface area contributed by atoms with Gasteiger partial charge in [0.25, 0.3) is 0 Å². The maximum absolute atomic E-state index is 12.1. The highest BCUT2D eigenvalue weighted by atomic mass is 35.5. The molecular formula is C20H23ClN4O3. The Morgan fingerprint density at radius 3 is 2.89 bits per heavy atom. The van der Waals surface area contributed by atoms with Gasteiger partial charge in [-0.3, -0.25) is 14.3 Å². The molecule has 1 aliphatic carbocycles. The van der Waals surface area contributed by atoms with Crippen molar-refractivity contribution in [2.75, 3.05) is 12.4 Å². The molecule has 0 saturated heterocycles. The molecule has 1 aromatic carbocycles. The number of aromatic nitrogens is 2. The van der Waals surface area contributed by atoms with Crippen LogP contribution in [-0.4, -0.2) is 34.7 Å². The van der Waals surface area contributed by atoms with Crippen LogP contribution in [0.15, 0.2) is 36.7 Å². The fourth-order valence-electron chi connectivity index (χ4n) is 3.19. The monoisotopic (exact) mass is 402 g/mol. The van der Waals surface area contributed by atoms with E-state index in [9.17, 15) is 9.59 Å². The zero-order chi connectivity index (χ0) is 19.9. The molecule has 1 fully saturated rings. The van der Waals surface area contributed by atoms with Crippen LogP contribution in [0.4, 0.5) is 5.69 Å². The van der Waals surface area contributed by atoms with Crippen LogP contribution >= 0.6 is 11.6 Å². The van der Waals surface area contributed by atoms with Gasteiger partial charge in [0.15, 0.2) is 0 Å². The van der Waals surface area contributed by atoms with Crippen LogP contribution in [-0.2, 0) is 16.1 Å². The first kappa shape index (κ1) is 19.9. The Balaban J connectivity index is 1.53. The van der Waals surface area contributed by atoms with Crippen molar-refractivity contribution < 1.29 is 14.3 Å². The number of carbonyl (C=O) groups is 2. The largest absolute Gasteiger partial charge is 0.496 e. The lowest BCUT2D eigenvalue weighted by atomic mass is 10.2. The molecule has 148 valence electrons. The summed E-state index contributed by atoms with van der Waals surface area (Å²) in [7, 11) is 1.55. The minimum absolute atomic E-state index is 0.0687. The van der Waals surface area contributed by atoms with Crippen molar-refractivity contribution in [2.45, 2.75) is 38.3 Å². The van der Waals surface area contributed by atoms with Crippen LogP contribution < -0.4 is 15.4 Å². The topological polar surface area (TPSA) is 85.2 Å². The van der Waals surface area contributed by atoms with Gasteiger partial charge in [-0.25, -0.2) is 0 Å². The van der Waals surface area contributed by atoms with E-state index in [4.69, 9.17) is 16.3 Å². The number of hydrogen-bond donors (Lipinski definition) is 2. The van der Waals surface area contributed by atoms with Crippen LogP contribution in [0.1, 0.15) is 31.2 Å². The van der Waals surface area contributed by atoms with Gasteiger partial charge < -0.3 is 15.4 Å². The van der Waals surface area contributed by atoms with Crippen molar-refractivity contribution >= 4 is 35.2 Å². The molecule has 0 unspecified atom stereocenters. The molecule has 0 aliphatic heterocycles. The van der Waals surface area contributed by atoms with Crippen molar-refractivity contribution in [3.8, 4) is 5.75 Å². The van der Waals surface area contributed by atoms with Gasteiger partial charge in [-0.1, -0.05) is 24.4 Å². The van der Waals surface area contributed by atoms with E-state index in [2.05, 4.69) is 15.7 Å². The van der Waals surface area contributed by atoms with Gasteiger partial charge in [-0.05, 0) is 37.1 Å². The van der Waals surface area contributed by atoms with Crippen molar-refractivity contribution in [2.24, 2.45) is 0 Å². The number of methoxy groups -OCH3 is 1. The third-order valence-corrected chi connectivity index (χ3v) is 4.77. The number of anilines is 1. The molecule has 0 spiro atoms. The van der Waals surface area contributed by atoms with Crippen molar-refractivity contribution in [1.82, 2.24) is 15.1 Å². The van der Waals surface area contributed by atoms with Crippen LogP contribution in [0.5, 0.6) is 5.75 Å². The number of ether oxygens (including phenoxy) is 1. The summed E-state index contributed by atoms with van der Waals surface area (Å²) in [6, 6.07) is 5.44. The average Bonchev–Trinajstić information content (AvgIpc) is 3.32. The Kier molecular flexibility index (Phi) is 6.71. The third-order valence-electron chi connectivity index (χ3n) is 4.53. The zero-order valence-electron chi connectivity index (χ0n) is 15.7. The summed E-state index contributed by atoms with van der Waals surface area (Å²) in [6.45, 7) is 0.127. The summed E-state index contributed by atoms with van der Waals surface area (Å²) in [6.07, 6.45) is 10.5. The molecule has 2 aromatic rings. The second-order valence-electron chi connectivity index (χ2n) is 6.68. The van der Waals surface area contributed by atoms with E-state index < -0.39 is 0 Å². The van der Waals surface area contributed by atoms with Crippen LogP contribution in [0.2, 0.25) is 5.02 Å². The number of hydrogen-bond acceptors (Lipinski definition) is 4. The predicted molar refractivity (Wildman–Crippen MR) is 108 cm³/mol. The first-order valence-corrected chi connectivity index (χ1v) is 9.55. The van der Waals surface area contributed by atoms with Gasteiger partial charge in [0.05, 0.1) is 19.0 Å². The second kappa shape index (κ2) is 9.41. The fraction of sp³-hybridized carbons (Fsp3) is 0.350. The molecule has 2 amide bonds. The maximum Gasteiger partial charge on any atom is 0.248 e. The van der Waals surface area contributed by atoms with Gasteiger partial charge >= 0.3 is 0 Å². The number of amides is 2. The zero-order valence-corrected chi connectivity index (χ0v) is 16.4. The Morgan fingerprint density at radius 1 is 1.36 bits per heavy atom. The van der Waals surface area contributed by atoms with Crippen molar-refractivity contribution in [3.05, 3.63) is 47.3 Å². The Bertz CT molecular complexity index is 872. The van der Waals surface area contributed by atoms with Crippen LogP contribution in [0.25, 0.3) is 6.08 Å². The predicted octanol–water partition coefficient (Wildman–Crippen LogP) is 3.26. The van der Waals surface area contributed by atoms with Crippen LogP contribution in [0, 0.1) is 0 Å². The molecule has 0 bridgehead atoms. The SMILES string of the molecule is COc1ccc(Cl)cc1/C=C/C(=O)Nc1cnn(CC(=O)NC2CCCC2)c1. The van der Waals surface area contributed by atoms with Gasteiger partial charge in [-0.2, -0.15) is 5.10 Å². The van der Waals surface area contributed by atoms with Crippen molar-refractivity contribution in [3.63, 3.8) is 0 Å². The number of nitrogens with zero attached hydrogens (tertiary/aromatic N) is 2. The minimum atomic E-state index is -0.322. The first-order chi connectivity index (χ1) is 13.5. The summed E-state index contributed by atoms with van der Waals surface area (Å²) < 4.78 is 6.75. The molecule has 3 rings (SSSR count). The lowest BCUT2D eigenvalue weighted by molar-refractivity contribution is -0.122. The first-order valence-electron chi connectivity index (χ1n) is 9.18.